The normalized spacial score (nSPS) is 18.2. The Hall–Kier alpha value is -2.38. The molecule has 1 amide bonds. The minimum Gasteiger partial charge on any atom is -0.469 e. The van der Waals surface area contributed by atoms with Crippen molar-refractivity contribution in [1.29, 1.82) is 0 Å². The number of amides is 1. The molecule has 2 rings (SSSR count). The Morgan fingerprint density at radius 1 is 1.55 bits per heavy atom. The zero-order valence-corrected chi connectivity index (χ0v) is 11.2. The molecule has 1 saturated heterocycles. The fourth-order valence-electron chi connectivity index (χ4n) is 2.02. The molecule has 1 aromatic rings. The summed E-state index contributed by atoms with van der Waals surface area (Å²) in [5.74, 6) is -1.41. The predicted molar refractivity (Wildman–Crippen MR) is 67.0 cm³/mol. The van der Waals surface area contributed by atoms with Gasteiger partial charge in [-0.2, -0.15) is 5.10 Å². The standard InChI is InChI=1S/C12H15N3O5/c1-3-20-12(18)8-5-9(14-13-8)15-6-7(4-10(15)16)11(17)19-2/h5,7H,3-4,6H2,1-2H3,(H,13,14). The van der Waals surface area contributed by atoms with Gasteiger partial charge < -0.3 is 9.47 Å². The van der Waals surface area contributed by atoms with Crippen LogP contribution in [0.25, 0.3) is 0 Å². The maximum absolute atomic E-state index is 11.9. The Balaban J connectivity index is 2.11. The summed E-state index contributed by atoms with van der Waals surface area (Å²) in [6, 6.07) is 1.43. The van der Waals surface area contributed by atoms with E-state index in [0.717, 1.165) is 0 Å². The van der Waals surface area contributed by atoms with Crippen molar-refractivity contribution in [2.75, 3.05) is 25.2 Å². The lowest BCUT2D eigenvalue weighted by Crippen LogP contribution is -2.26. The highest BCUT2D eigenvalue weighted by Crippen LogP contribution is 2.24. The first-order chi connectivity index (χ1) is 9.56. The molecule has 20 heavy (non-hydrogen) atoms. The lowest BCUT2D eigenvalue weighted by molar-refractivity contribution is -0.145. The molecular weight excluding hydrogens is 266 g/mol. The van der Waals surface area contributed by atoms with E-state index in [4.69, 9.17) is 4.74 Å². The molecule has 0 spiro atoms. The number of hydrogen-bond donors (Lipinski definition) is 1. The minimum atomic E-state index is -0.539. The Kier molecular flexibility index (Phi) is 4.02. The predicted octanol–water partition coefficient (Wildman–Crippen LogP) is 0.112. The first-order valence-corrected chi connectivity index (χ1v) is 6.17. The topological polar surface area (TPSA) is 102 Å². The molecule has 0 radical (unpaired) electrons. The number of carbonyl (C=O) groups excluding carboxylic acids is 3. The number of methoxy groups -OCH3 is 1. The average molecular weight is 281 g/mol. The molecule has 0 aliphatic carbocycles. The molecule has 1 fully saturated rings. The van der Waals surface area contributed by atoms with Crippen molar-refractivity contribution < 1.29 is 23.9 Å². The van der Waals surface area contributed by atoms with Gasteiger partial charge >= 0.3 is 11.9 Å². The Bertz CT molecular complexity index is 539. The first kappa shape index (κ1) is 14.0. The highest BCUT2D eigenvalue weighted by Gasteiger charge is 2.37. The van der Waals surface area contributed by atoms with Gasteiger partial charge in [-0.3, -0.25) is 19.6 Å². The highest BCUT2D eigenvalue weighted by molar-refractivity contribution is 5.99. The number of ether oxygens (including phenoxy) is 2. The number of nitrogens with zero attached hydrogens (tertiary/aromatic N) is 2. The summed E-state index contributed by atoms with van der Waals surface area (Å²) in [7, 11) is 1.28. The van der Waals surface area contributed by atoms with Crippen LogP contribution < -0.4 is 4.90 Å². The number of esters is 2. The monoisotopic (exact) mass is 281 g/mol. The van der Waals surface area contributed by atoms with Crippen LogP contribution in [0.15, 0.2) is 6.07 Å². The van der Waals surface area contributed by atoms with E-state index in [0.29, 0.717) is 5.82 Å². The summed E-state index contributed by atoms with van der Waals surface area (Å²) < 4.78 is 9.44. The van der Waals surface area contributed by atoms with E-state index >= 15 is 0 Å². The Labute approximate surface area is 115 Å². The van der Waals surface area contributed by atoms with Crippen molar-refractivity contribution in [2.24, 2.45) is 5.92 Å². The summed E-state index contributed by atoms with van der Waals surface area (Å²) in [5, 5.41) is 6.41. The van der Waals surface area contributed by atoms with Crippen molar-refractivity contribution in [1.82, 2.24) is 10.2 Å². The zero-order chi connectivity index (χ0) is 14.7. The van der Waals surface area contributed by atoms with Gasteiger partial charge in [0.1, 0.15) is 5.69 Å². The minimum absolute atomic E-state index is 0.0777. The number of H-pyrrole nitrogens is 1. The molecule has 8 nitrogen and oxygen atoms in total. The number of aromatic nitrogens is 2. The third-order valence-electron chi connectivity index (χ3n) is 3.00. The largest absolute Gasteiger partial charge is 0.469 e. The van der Waals surface area contributed by atoms with Gasteiger partial charge in [-0.25, -0.2) is 4.79 Å². The van der Waals surface area contributed by atoms with Crippen molar-refractivity contribution in [3.05, 3.63) is 11.8 Å². The first-order valence-electron chi connectivity index (χ1n) is 6.17. The molecule has 1 aliphatic heterocycles. The Morgan fingerprint density at radius 2 is 2.30 bits per heavy atom. The molecule has 108 valence electrons. The summed E-state index contributed by atoms with van der Waals surface area (Å²) in [4.78, 5) is 36.1. The number of anilines is 1. The number of hydrogen-bond acceptors (Lipinski definition) is 6. The van der Waals surface area contributed by atoms with Gasteiger partial charge in [-0.1, -0.05) is 0 Å². The molecule has 1 atom stereocenters. The lowest BCUT2D eigenvalue weighted by Gasteiger charge is -2.12. The SMILES string of the molecule is CCOC(=O)c1cc(N2CC(C(=O)OC)CC2=O)n[nH]1. The van der Waals surface area contributed by atoms with Crippen LogP contribution in [0.3, 0.4) is 0 Å². The zero-order valence-electron chi connectivity index (χ0n) is 11.2. The van der Waals surface area contributed by atoms with Gasteiger partial charge in [0.15, 0.2) is 5.82 Å². The van der Waals surface area contributed by atoms with E-state index in [2.05, 4.69) is 14.9 Å². The summed E-state index contributed by atoms with van der Waals surface area (Å²) >= 11 is 0. The average Bonchev–Trinajstić information content (AvgIpc) is 3.04. The van der Waals surface area contributed by atoms with Crippen LogP contribution in [0.4, 0.5) is 5.82 Å². The third kappa shape index (κ3) is 2.63. The van der Waals surface area contributed by atoms with Gasteiger partial charge in [0, 0.05) is 19.0 Å². The van der Waals surface area contributed by atoms with E-state index in [9.17, 15) is 14.4 Å². The second-order valence-electron chi connectivity index (χ2n) is 4.29. The molecule has 1 aromatic heterocycles. The van der Waals surface area contributed by atoms with Crippen LogP contribution in [0.2, 0.25) is 0 Å². The molecule has 0 aromatic carbocycles. The molecule has 1 unspecified atom stereocenters. The van der Waals surface area contributed by atoms with Gasteiger partial charge in [0.05, 0.1) is 19.6 Å². The maximum Gasteiger partial charge on any atom is 0.356 e. The van der Waals surface area contributed by atoms with Crippen LogP contribution in [0.5, 0.6) is 0 Å². The van der Waals surface area contributed by atoms with Crippen LogP contribution >= 0.6 is 0 Å². The third-order valence-corrected chi connectivity index (χ3v) is 3.00. The fourth-order valence-corrected chi connectivity index (χ4v) is 2.02. The molecule has 0 saturated carbocycles. The molecule has 0 bridgehead atoms. The Morgan fingerprint density at radius 3 is 2.95 bits per heavy atom. The summed E-state index contributed by atoms with van der Waals surface area (Å²) in [6.45, 7) is 2.14. The van der Waals surface area contributed by atoms with Crippen LogP contribution in [-0.4, -0.2) is 48.3 Å². The second kappa shape index (κ2) is 5.72. The van der Waals surface area contributed by atoms with Crippen molar-refractivity contribution in [2.45, 2.75) is 13.3 Å². The quantitative estimate of drug-likeness (QED) is 0.786. The van der Waals surface area contributed by atoms with Crippen molar-refractivity contribution in [3.8, 4) is 0 Å². The van der Waals surface area contributed by atoms with Crippen LogP contribution in [-0.2, 0) is 19.1 Å². The molecule has 1 aliphatic rings. The molecule has 8 heteroatoms. The van der Waals surface area contributed by atoms with Crippen molar-refractivity contribution in [3.63, 3.8) is 0 Å². The number of carbonyl (C=O) groups is 3. The number of aromatic amines is 1. The van der Waals surface area contributed by atoms with Crippen molar-refractivity contribution >= 4 is 23.7 Å². The number of nitrogens with one attached hydrogen (secondary N) is 1. The van der Waals surface area contributed by atoms with E-state index < -0.39 is 17.9 Å². The van der Waals surface area contributed by atoms with Gasteiger partial charge in [0.25, 0.3) is 0 Å². The highest BCUT2D eigenvalue weighted by atomic mass is 16.5. The maximum atomic E-state index is 11.9. The van der Waals surface area contributed by atoms with E-state index in [1.807, 2.05) is 0 Å². The molecule has 1 N–H and O–H groups in total. The fraction of sp³-hybridized carbons (Fsp3) is 0.500. The summed E-state index contributed by atoms with van der Waals surface area (Å²) in [5.41, 5.74) is 0.163. The van der Waals surface area contributed by atoms with E-state index in [1.54, 1.807) is 6.92 Å². The molecule has 2 heterocycles. The smallest absolute Gasteiger partial charge is 0.356 e. The lowest BCUT2D eigenvalue weighted by atomic mass is 10.1. The molecular formula is C12H15N3O5. The van der Waals surface area contributed by atoms with Gasteiger partial charge in [0.2, 0.25) is 5.91 Å². The van der Waals surface area contributed by atoms with Gasteiger partial charge in [-0.05, 0) is 6.92 Å². The second-order valence-corrected chi connectivity index (χ2v) is 4.29. The summed E-state index contributed by atoms with van der Waals surface area (Å²) in [6.07, 6.45) is 0.0777. The van der Waals surface area contributed by atoms with Gasteiger partial charge in [-0.15, -0.1) is 0 Å². The van der Waals surface area contributed by atoms with Crippen LogP contribution in [0, 0.1) is 5.92 Å². The number of rotatable bonds is 4. The van der Waals surface area contributed by atoms with E-state index in [-0.39, 0.29) is 31.2 Å². The van der Waals surface area contributed by atoms with E-state index in [1.165, 1.54) is 18.1 Å². The van der Waals surface area contributed by atoms with Crippen LogP contribution in [0.1, 0.15) is 23.8 Å².